The fourth-order valence-corrected chi connectivity index (χ4v) is 3.93. The molecular formula is C19H23N7. The second-order valence-electron chi connectivity index (χ2n) is 7.22. The highest BCUT2D eigenvalue weighted by molar-refractivity contribution is 5.94. The van der Waals surface area contributed by atoms with Crippen molar-refractivity contribution in [2.75, 3.05) is 36.9 Å². The second-order valence-corrected chi connectivity index (χ2v) is 7.22. The van der Waals surface area contributed by atoms with E-state index in [2.05, 4.69) is 56.6 Å². The molecule has 2 N–H and O–H groups in total. The van der Waals surface area contributed by atoms with Crippen LogP contribution < -0.4 is 10.2 Å². The number of benzene rings is 1. The van der Waals surface area contributed by atoms with Gasteiger partial charge in [0.05, 0.1) is 11.1 Å². The Balaban J connectivity index is 1.52. The summed E-state index contributed by atoms with van der Waals surface area (Å²) in [5.74, 6) is 1.65. The second kappa shape index (κ2) is 6.25. The van der Waals surface area contributed by atoms with E-state index in [4.69, 9.17) is 9.97 Å². The van der Waals surface area contributed by atoms with Crippen molar-refractivity contribution in [2.24, 2.45) is 0 Å². The molecule has 3 aromatic rings. The monoisotopic (exact) mass is 349 g/mol. The van der Waals surface area contributed by atoms with Gasteiger partial charge < -0.3 is 15.1 Å². The average Bonchev–Trinajstić information content (AvgIpc) is 3.09. The Morgan fingerprint density at radius 1 is 1.08 bits per heavy atom. The number of aromatic nitrogens is 4. The van der Waals surface area contributed by atoms with Gasteiger partial charge in [-0.15, -0.1) is 0 Å². The van der Waals surface area contributed by atoms with Gasteiger partial charge in [0.1, 0.15) is 5.82 Å². The van der Waals surface area contributed by atoms with Crippen LogP contribution in [0.5, 0.6) is 0 Å². The summed E-state index contributed by atoms with van der Waals surface area (Å²) in [6.45, 7) is 3.09. The molecule has 0 spiro atoms. The standard InChI is InChI=1S/C19H23N7/c1-25-10-7-13(8-11-25)20-19-21-17-16-15(23-24-17)9-12-26(18(16)22-19)14-5-3-2-4-6-14/h2-6,13H,7-12H2,1H3,(H2,20,21,22,23,24). The number of anilines is 3. The minimum Gasteiger partial charge on any atom is -0.351 e. The molecule has 0 aliphatic carbocycles. The summed E-state index contributed by atoms with van der Waals surface area (Å²) in [7, 11) is 2.17. The summed E-state index contributed by atoms with van der Waals surface area (Å²) >= 11 is 0. The Kier molecular flexibility index (Phi) is 3.74. The molecule has 26 heavy (non-hydrogen) atoms. The first-order valence-electron chi connectivity index (χ1n) is 9.30. The van der Waals surface area contributed by atoms with Gasteiger partial charge in [0.25, 0.3) is 0 Å². The molecule has 1 saturated heterocycles. The highest BCUT2D eigenvalue weighted by atomic mass is 15.3. The van der Waals surface area contributed by atoms with Crippen LogP contribution in [0.2, 0.25) is 0 Å². The molecule has 7 nitrogen and oxygen atoms in total. The highest BCUT2D eigenvalue weighted by Gasteiger charge is 2.26. The SMILES string of the molecule is CN1CCC(Nc2nc3c4c(n[nH]c4n2)CCN3c2ccccc2)CC1. The molecule has 4 heterocycles. The Hall–Kier alpha value is -2.67. The van der Waals surface area contributed by atoms with Gasteiger partial charge in [-0.1, -0.05) is 18.2 Å². The van der Waals surface area contributed by atoms with Crippen LogP contribution in [0.3, 0.4) is 0 Å². The predicted octanol–water partition coefficient (Wildman–Crippen LogP) is 2.55. The number of hydrogen-bond donors (Lipinski definition) is 2. The zero-order valence-electron chi connectivity index (χ0n) is 14.9. The fraction of sp³-hybridized carbons (Fsp3) is 0.421. The van der Waals surface area contributed by atoms with Crippen molar-refractivity contribution < 1.29 is 0 Å². The Bertz CT molecular complexity index is 912. The van der Waals surface area contributed by atoms with Crippen LogP contribution in [-0.2, 0) is 6.42 Å². The highest BCUT2D eigenvalue weighted by Crippen LogP contribution is 2.36. The van der Waals surface area contributed by atoms with Crippen LogP contribution in [0.25, 0.3) is 11.0 Å². The van der Waals surface area contributed by atoms with Crippen LogP contribution in [-0.4, -0.2) is 57.8 Å². The quantitative estimate of drug-likeness (QED) is 0.757. The maximum Gasteiger partial charge on any atom is 0.226 e. The van der Waals surface area contributed by atoms with Crippen molar-refractivity contribution in [3.8, 4) is 0 Å². The number of H-pyrrole nitrogens is 1. The molecule has 5 rings (SSSR count). The summed E-state index contributed by atoms with van der Waals surface area (Å²) in [4.78, 5) is 14.2. The zero-order valence-corrected chi connectivity index (χ0v) is 14.9. The smallest absolute Gasteiger partial charge is 0.226 e. The molecule has 1 aromatic carbocycles. The van der Waals surface area contributed by atoms with E-state index in [1.807, 2.05) is 6.07 Å². The van der Waals surface area contributed by atoms with Crippen molar-refractivity contribution in [2.45, 2.75) is 25.3 Å². The molecule has 0 radical (unpaired) electrons. The lowest BCUT2D eigenvalue weighted by Crippen LogP contribution is -2.37. The zero-order chi connectivity index (χ0) is 17.5. The van der Waals surface area contributed by atoms with E-state index in [-0.39, 0.29) is 0 Å². The molecule has 1 fully saturated rings. The van der Waals surface area contributed by atoms with Crippen LogP contribution >= 0.6 is 0 Å². The van der Waals surface area contributed by atoms with E-state index in [1.165, 1.54) is 0 Å². The van der Waals surface area contributed by atoms with Crippen LogP contribution in [0.1, 0.15) is 18.5 Å². The largest absolute Gasteiger partial charge is 0.351 e. The van der Waals surface area contributed by atoms with Gasteiger partial charge >= 0.3 is 0 Å². The first kappa shape index (κ1) is 15.6. The Morgan fingerprint density at radius 2 is 1.88 bits per heavy atom. The third kappa shape index (κ3) is 2.68. The lowest BCUT2D eigenvalue weighted by atomic mass is 10.1. The normalized spacial score (nSPS) is 18.4. The molecule has 2 aliphatic heterocycles. The number of rotatable bonds is 3. The van der Waals surface area contributed by atoms with Gasteiger partial charge in [-0.25, -0.2) is 0 Å². The number of para-hydroxylation sites is 1. The predicted molar refractivity (Wildman–Crippen MR) is 103 cm³/mol. The van der Waals surface area contributed by atoms with Gasteiger partial charge in [0.15, 0.2) is 5.65 Å². The van der Waals surface area contributed by atoms with E-state index in [1.54, 1.807) is 0 Å². The minimum absolute atomic E-state index is 0.423. The topological polar surface area (TPSA) is 73.0 Å². The summed E-state index contributed by atoms with van der Waals surface area (Å²) in [5, 5.41) is 12.2. The molecule has 0 amide bonds. The first-order valence-corrected chi connectivity index (χ1v) is 9.30. The molecule has 2 aliphatic rings. The number of nitrogens with zero attached hydrogens (tertiary/aromatic N) is 5. The lowest BCUT2D eigenvalue weighted by Gasteiger charge is -2.30. The number of hydrogen-bond acceptors (Lipinski definition) is 6. The molecule has 7 heteroatoms. The van der Waals surface area contributed by atoms with Crippen LogP contribution in [0.15, 0.2) is 30.3 Å². The summed E-state index contributed by atoms with van der Waals surface area (Å²) in [6, 6.07) is 10.9. The molecule has 0 saturated carbocycles. The number of likely N-dealkylation sites (tertiary alicyclic amines) is 1. The van der Waals surface area contributed by atoms with E-state index in [0.717, 1.165) is 67.1 Å². The van der Waals surface area contributed by atoms with Crippen molar-refractivity contribution >= 4 is 28.5 Å². The van der Waals surface area contributed by atoms with Gasteiger partial charge in [0, 0.05) is 24.7 Å². The molecule has 134 valence electrons. The first-order chi connectivity index (χ1) is 12.8. The van der Waals surface area contributed by atoms with Crippen LogP contribution in [0, 0.1) is 0 Å². The van der Waals surface area contributed by atoms with Crippen LogP contribution in [0.4, 0.5) is 17.5 Å². The van der Waals surface area contributed by atoms with Gasteiger partial charge in [-0.3, -0.25) is 5.10 Å². The minimum atomic E-state index is 0.423. The van der Waals surface area contributed by atoms with Gasteiger partial charge in [0.2, 0.25) is 5.95 Å². The third-order valence-electron chi connectivity index (χ3n) is 5.42. The maximum atomic E-state index is 4.90. The van der Waals surface area contributed by atoms with Crippen molar-refractivity contribution in [1.82, 2.24) is 25.1 Å². The van der Waals surface area contributed by atoms with Crippen molar-refractivity contribution in [3.05, 3.63) is 36.0 Å². The van der Waals surface area contributed by atoms with Gasteiger partial charge in [-0.05, 0) is 45.1 Å². The molecule has 0 bridgehead atoms. The summed E-state index contributed by atoms with van der Waals surface area (Å²) in [5.41, 5.74) is 3.04. The summed E-state index contributed by atoms with van der Waals surface area (Å²) < 4.78 is 0. The Labute approximate surface area is 152 Å². The number of piperidine rings is 1. The van der Waals surface area contributed by atoms with Gasteiger partial charge in [-0.2, -0.15) is 15.1 Å². The number of aromatic amines is 1. The average molecular weight is 349 g/mol. The van der Waals surface area contributed by atoms with E-state index in [0.29, 0.717) is 12.0 Å². The Morgan fingerprint density at radius 3 is 2.69 bits per heavy atom. The molecule has 0 unspecified atom stereocenters. The number of nitrogens with one attached hydrogen (secondary N) is 2. The third-order valence-corrected chi connectivity index (χ3v) is 5.42. The van der Waals surface area contributed by atoms with E-state index < -0.39 is 0 Å². The fourth-order valence-electron chi connectivity index (χ4n) is 3.93. The van der Waals surface area contributed by atoms with E-state index in [9.17, 15) is 0 Å². The molecular weight excluding hydrogens is 326 g/mol. The van der Waals surface area contributed by atoms with E-state index >= 15 is 0 Å². The maximum absolute atomic E-state index is 4.90. The molecule has 0 atom stereocenters. The van der Waals surface area contributed by atoms with Crippen molar-refractivity contribution in [1.29, 1.82) is 0 Å². The molecule has 2 aromatic heterocycles. The summed E-state index contributed by atoms with van der Waals surface area (Å²) in [6.07, 6.45) is 3.13. The lowest BCUT2D eigenvalue weighted by molar-refractivity contribution is 0.263. The van der Waals surface area contributed by atoms with Crippen molar-refractivity contribution in [3.63, 3.8) is 0 Å².